The summed E-state index contributed by atoms with van der Waals surface area (Å²) in [6, 6.07) is 7.79. The van der Waals surface area contributed by atoms with Crippen molar-refractivity contribution in [1.29, 1.82) is 0 Å². The van der Waals surface area contributed by atoms with Gasteiger partial charge in [-0.3, -0.25) is 0 Å². The fourth-order valence-corrected chi connectivity index (χ4v) is 2.42. The van der Waals surface area contributed by atoms with E-state index in [1.54, 1.807) is 0 Å². The van der Waals surface area contributed by atoms with E-state index in [0.717, 1.165) is 12.2 Å². The SMILES string of the molecule is CC1(C)CC(NCCNC(N)=O)c2ccccc2O1. The van der Waals surface area contributed by atoms with Gasteiger partial charge in [0.15, 0.2) is 0 Å². The van der Waals surface area contributed by atoms with E-state index in [2.05, 4.69) is 30.5 Å². The maximum Gasteiger partial charge on any atom is 0.312 e. The molecule has 0 fully saturated rings. The van der Waals surface area contributed by atoms with Gasteiger partial charge in [-0.1, -0.05) is 18.2 Å². The Balaban J connectivity index is 2.01. The van der Waals surface area contributed by atoms with Crippen molar-refractivity contribution in [3.63, 3.8) is 0 Å². The summed E-state index contributed by atoms with van der Waals surface area (Å²) < 4.78 is 5.96. The molecule has 0 bridgehead atoms. The van der Waals surface area contributed by atoms with Crippen LogP contribution in [0, 0.1) is 0 Å². The number of hydrogen-bond acceptors (Lipinski definition) is 3. The van der Waals surface area contributed by atoms with Crippen LogP contribution in [0.15, 0.2) is 24.3 Å². The number of carbonyl (C=O) groups is 1. The molecule has 2 amide bonds. The smallest absolute Gasteiger partial charge is 0.312 e. The molecule has 5 nitrogen and oxygen atoms in total. The number of amides is 2. The first-order chi connectivity index (χ1) is 8.98. The molecule has 5 heteroatoms. The topological polar surface area (TPSA) is 76.4 Å². The quantitative estimate of drug-likeness (QED) is 0.721. The van der Waals surface area contributed by atoms with Crippen LogP contribution < -0.4 is 21.1 Å². The van der Waals surface area contributed by atoms with Crippen LogP contribution in [-0.4, -0.2) is 24.7 Å². The average Bonchev–Trinajstić information content (AvgIpc) is 2.33. The Labute approximate surface area is 113 Å². The van der Waals surface area contributed by atoms with Crippen LogP contribution in [0.2, 0.25) is 0 Å². The predicted molar refractivity (Wildman–Crippen MR) is 74.1 cm³/mol. The van der Waals surface area contributed by atoms with E-state index in [0.29, 0.717) is 13.1 Å². The molecule has 1 heterocycles. The Hall–Kier alpha value is -1.75. The number of rotatable bonds is 4. The first-order valence-corrected chi connectivity index (χ1v) is 6.52. The van der Waals surface area contributed by atoms with Crippen molar-refractivity contribution in [3.8, 4) is 5.75 Å². The predicted octanol–water partition coefficient (Wildman–Crippen LogP) is 1.55. The molecule has 0 aromatic heterocycles. The molecule has 0 saturated carbocycles. The van der Waals surface area contributed by atoms with Gasteiger partial charge in [0, 0.05) is 31.1 Å². The lowest BCUT2D eigenvalue weighted by Crippen LogP contribution is -2.42. The molecular weight excluding hydrogens is 242 g/mol. The fourth-order valence-electron chi connectivity index (χ4n) is 2.42. The minimum atomic E-state index is -0.491. The molecule has 4 N–H and O–H groups in total. The van der Waals surface area contributed by atoms with Crippen LogP contribution in [-0.2, 0) is 0 Å². The summed E-state index contributed by atoms with van der Waals surface area (Å²) in [5, 5.41) is 6.01. The van der Waals surface area contributed by atoms with E-state index >= 15 is 0 Å². The number of nitrogens with one attached hydrogen (secondary N) is 2. The average molecular weight is 263 g/mol. The molecule has 1 atom stereocenters. The highest BCUT2D eigenvalue weighted by Crippen LogP contribution is 2.38. The van der Waals surface area contributed by atoms with E-state index < -0.39 is 6.03 Å². The maximum absolute atomic E-state index is 10.6. The van der Waals surface area contributed by atoms with E-state index in [4.69, 9.17) is 10.5 Å². The standard InChI is InChI=1S/C14H21N3O2/c1-14(2)9-11(16-7-8-17-13(15)18)10-5-3-4-6-12(10)19-14/h3-6,11,16H,7-9H2,1-2H3,(H3,15,17,18). The molecule has 1 aliphatic rings. The van der Waals surface area contributed by atoms with Gasteiger partial charge < -0.3 is 21.1 Å². The molecule has 0 spiro atoms. The highest BCUT2D eigenvalue weighted by atomic mass is 16.5. The molecular formula is C14H21N3O2. The Kier molecular flexibility index (Phi) is 3.95. The number of carbonyl (C=O) groups excluding carboxylic acids is 1. The summed E-state index contributed by atoms with van der Waals surface area (Å²) in [4.78, 5) is 10.6. The van der Waals surface area contributed by atoms with Crippen LogP contribution in [0.1, 0.15) is 31.9 Å². The van der Waals surface area contributed by atoms with E-state index in [1.165, 1.54) is 5.56 Å². The Bertz CT molecular complexity index is 460. The minimum Gasteiger partial charge on any atom is -0.487 e. The fraction of sp³-hybridized carbons (Fsp3) is 0.500. The van der Waals surface area contributed by atoms with E-state index in [9.17, 15) is 4.79 Å². The lowest BCUT2D eigenvalue weighted by Gasteiger charge is -2.38. The normalized spacial score (nSPS) is 20.2. The number of para-hydroxylation sites is 1. The Morgan fingerprint density at radius 3 is 2.89 bits per heavy atom. The molecule has 1 aromatic carbocycles. The van der Waals surface area contributed by atoms with Gasteiger partial charge in [0.05, 0.1) is 0 Å². The van der Waals surface area contributed by atoms with Gasteiger partial charge in [0.25, 0.3) is 0 Å². The van der Waals surface area contributed by atoms with Crippen LogP contribution in [0.25, 0.3) is 0 Å². The second-order valence-corrected chi connectivity index (χ2v) is 5.40. The maximum atomic E-state index is 10.6. The highest BCUT2D eigenvalue weighted by molar-refractivity contribution is 5.71. The van der Waals surface area contributed by atoms with Crippen molar-refractivity contribution in [1.82, 2.24) is 10.6 Å². The summed E-state index contributed by atoms with van der Waals surface area (Å²) in [6.07, 6.45) is 0.889. The van der Waals surface area contributed by atoms with Crippen LogP contribution >= 0.6 is 0 Å². The zero-order chi connectivity index (χ0) is 13.9. The van der Waals surface area contributed by atoms with Crippen molar-refractivity contribution < 1.29 is 9.53 Å². The zero-order valence-corrected chi connectivity index (χ0v) is 11.4. The molecule has 0 aliphatic carbocycles. The van der Waals surface area contributed by atoms with Gasteiger partial charge >= 0.3 is 6.03 Å². The second-order valence-electron chi connectivity index (χ2n) is 5.40. The first kappa shape index (κ1) is 13.7. The summed E-state index contributed by atoms with van der Waals surface area (Å²) >= 11 is 0. The molecule has 1 aliphatic heterocycles. The molecule has 0 radical (unpaired) electrons. The van der Waals surface area contributed by atoms with Gasteiger partial charge in [0.1, 0.15) is 11.4 Å². The molecule has 0 saturated heterocycles. The van der Waals surface area contributed by atoms with Crippen LogP contribution in [0.3, 0.4) is 0 Å². The highest BCUT2D eigenvalue weighted by Gasteiger charge is 2.32. The van der Waals surface area contributed by atoms with Gasteiger partial charge in [-0.2, -0.15) is 0 Å². The number of hydrogen-bond donors (Lipinski definition) is 3. The summed E-state index contributed by atoms with van der Waals surface area (Å²) in [7, 11) is 0. The van der Waals surface area contributed by atoms with Crippen molar-refractivity contribution in [2.24, 2.45) is 5.73 Å². The number of ether oxygens (including phenoxy) is 1. The van der Waals surface area contributed by atoms with E-state index in [1.807, 2.05) is 18.2 Å². The summed E-state index contributed by atoms with van der Waals surface area (Å²) in [5.41, 5.74) is 6.01. The zero-order valence-electron chi connectivity index (χ0n) is 11.4. The largest absolute Gasteiger partial charge is 0.487 e. The third-order valence-corrected chi connectivity index (χ3v) is 3.19. The minimum absolute atomic E-state index is 0.191. The lowest BCUT2D eigenvalue weighted by atomic mass is 9.90. The van der Waals surface area contributed by atoms with Crippen LogP contribution in [0.4, 0.5) is 4.79 Å². The Morgan fingerprint density at radius 1 is 1.42 bits per heavy atom. The third kappa shape index (κ3) is 3.61. The first-order valence-electron chi connectivity index (χ1n) is 6.52. The molecule has 1 unspecified atom stereocenters. The number of fused-ring (bicyclic) bond motifs is 1. The van der Waals surface area contributed by atoms with Gasteiger partial charge in [-0.15, -0.1) is 0 Å². The second kappa shape index (κ2) is 5.48. The summed E-state index contributed by atoms with van der Waals surface area (Å²) in [6.45, 7) is 5.37. The van der Waals surface area contributed by atoms with Gasteiger partial charge in [-0.05, 0) is 19.9 Å². The van der Waals surface area contributed by atoms with Gasteiger partial charge in [0.2, 0.25) is 0 Å². The molecule has 104 valence electrons. The van der Waals surface area contributed by atoms with Crippen molar-refractivity contribution in [2.75, 3.05) is 13.1 Å². The summed E-state index contributed by atoms with van der Waals surface area (Å²) in [5.74, 6) is 0.930. The lowest BCUT2D eigenvalue weighted by molar-refractivity contribution is 0.0662. The molecule has 19 heavy (non-hydrogen) atoms. The molecule has 2 rings (SSSR count). The molecule has 1 aromatic rings. The Morgan fingerprint density at radius 2 is 2.16 bits per heavy atom. The van der Waals surface area contributed by atoms with Crippen molar-refractivity contribution >= 4 is 6.03 Å². The van der Waals surface area contributed by atoms with Gasteiger partial charge in [-0.25, -0.2) is 4.79 Å². The number of benzene rings is 1. The van der Waals surface area contributed by atoms with Crippen LogP contribution in [0.5, 0.6) is 5.75 Å². The number of urea groups is 1. The third-order valence-electron chi connectivity index (χ3n) is 3.19. The van der Waals surface area contributed by atoms with E-state index in [-0.39, 0.29) is 11.6 Å². The van der Waals surface area contributed by atoms with Crippen molar-refractivity contribution in [2.45, 2.75) is 31.9 Å². The number of primary amides is 1. The monoisotopic (exact) mass is 263 g/mol. The number of nitrogens with two attached hydrogens (primary N) is 1. The van der Waals surface area contributed by atoms with Crippen molar-refractivity contribution in [3.05, 3.63) is 29.8 Å².